The van der Waals surface area contributed by atoms with Gasteiger partial charge in [-0.1, -0.05) is 24.8 Å². The summed E-state index contributed by atoms with van der Waals surface area (Å²) >= 11 is 7.78. The molecular formula is C12H12ClNOS. The fourth-order valence-corrected chi connectivity index (χ4v) is 3.09. The van der Waals surface area contributed by atoms with E-state index >= 15 is 0 Å². The number of carbonyl (C=O) groups is 1. The van der Waals surface area contributed by atoms with Gasteiger partial charge in [0.05, 0.1) is 0 Å². The minimum atomic E-state index is -0.104. The quantitative estimate of drug-likeness (QED) is 0.567. The van der Waals surface area contributed by atoms with Gasteiger partial charge in [0.25, 0.3) is 0 Å². The smallest absolute Gasteiger partial charge is 0.246 e. The van der Waals surface area contributed by atoms with Crippen LogP contribution in [0.15, 0.2) is 41.8 Å². The molecule has 1 aliphatic rings. The largest absolute Gasteiger partial charge is 0.332 e. The lowest BCUT2D eigenvalue weighted by atomic mass is 10.2. The summed E-state index contributed by atoms with van der Waals surface area (Å²) in [6.45, 7) is 4.66. The number of rotatable bonds is 1. The van der Waals surface area contributed by atoms with Gasteiger partial charge < -0.3 is 4.90 Å². The summed E-state index contributed by atoms with van der Waals surface area (Å²) in [4.78, 5) is 14.5. The van der Waals surface area contributed by atoms with Gasteiger partial charge in [0, 0.05) is 18.0 Å². The van der Waals surface area contributed by atoms with Crippen molar-refractivity contribution in [2.24, 2.45) is 0 Å². The zero-order valence-electron chi connectivity index (χ0n) is 8.73. The lowest BCUT2D eigenvalue weighted by Gasteiger charge is -2.19. The molecule has 0 aromatic heterocycles. The van der Waals surface area contributed by atoms with Crippen molar-refractivity contribution in [2.45, 2.75) is 16.1 Å². The molecule has 2 rings (SSSR count). The van der Waals surface area contributed by atoms with Gasteiger partial charge in [-0.3, -0.25) is 4.79 Å². The van der Waals surface area contributed by atoms with E-state index in [1.807, 2.05) is 24.3 Å². The Bertz CT molecular complexity index is 421. The Morgan fingerprint density at radius 3 is 3.06 bits per heavy atom. The van der Waals surface area contributed by atoms with Crippen molar-refractivity contribution in [1.29, 1.82) is 0 Å². The molecule has 0 N–H and O–H groups in total. The number of halogens is 1. The Morgan fingerprint density at radius 2 is 2.31 bits per heavy atom. The van der Waals surface area contributed by atoms with Crippen molar-refractivity contribution in [3.8, 4) is 0 Å². The zero-order chi connectivity index (χ0) is 11.5. The van der Waals surface area contributed by atoms with E-state index < -0.39 is 0 Å². The fourth-order valence-electron chi connectivity index (χ4n) is 1.66. The van der Waals surface area contributed by atoms with Crippen LogP contribution >= 0.6 is 23.4 Å². The van der Waals surface area contributed by atoms with Crippen molar-refractivity contribution < 1.29 is 4.79 Å². The lowest BCUT2D eigenvalue weighted by molar-refractivity contribution is -0.126. The highest BCUT2D eigenvalue weighted by atomic mass is 35.5. The predicted molar refractivity (Wildman–Crippen MR) is 67.6 cm³/mol. The van der Waals surface area contributed by atoms with E-state index in [9.17, 15) is 4.79 Å². The summed E-state index contributed by atoms with van der Waals surface area (Å²) in [6.07, 6.45) is 1.34. The molecule has 0 radical (unpaired) electrons. The molecule has 0 spiro atoms. The molecule has 0 fully saturated rings. The number of hydrogen-bond acceptors (Lipinski definition) is 2. The number of amides is 1. The zero-order valence-corrected chi connectivity index (χ0v) is 10.3. The molecule has 84 valence electrons. The molecule has 16 heavy (non-hydrogen) atoms. The number of benzene rings is 1. The van der Waals surface area contributed by atoms with Crippen molar-refractivity contribution in [3.05, 3.63) is 42.5 Å². The molecule has 0 saturated heterocycles. The highest BCUT2D eigenvalue weighted by Gasteiger charge is 2.22. The number of nitrogens with zero attached hydrogens (tertiary/aromatic N) is 1. The average molecular weight is 254 g/mol. The second kappa shape index (κ2) is 4.93. The Hall–Kier alpha value is -0.930. The predicted octanol–water partition coefficient (Wildman–Crippen LogP) is 2.87. The third kappa shape index (κ3) is 2.42. The van der Waals surface area contributed by atoms with Crippen LogP contribution in [0.1, 0.15) is 5.56 Å². The molecule has 1 atom stereocenters. The first kappa shape index (κ1) is 11.6. The molecule has 0 aliphatic carbocycles. The molecule has 1 heterocycles. The van der Waals surface area contributed by atoms with Crippen molar-refractivity contribution >= 4 is 29.3 Å². The highest BCUT2D eigenvalue weighted by Crippen LogP contribution is 2.33. The second-order valence-corrected chi connectivity index (χ2v) is 5.59. The van der Waals surface area contributed by atoms with Crippen LogP contribution < -0.4 is 0 Å². The van der Waals surface area contributed by atoms with Crippen LogP contribution in [0.2, 0.25) is 0 Å². The summed E-state index contributed by atoms with van der Waals surface area (Å²) in [5.41, 5.74) is 1.14. The first-order valence-corrected chi connectivity index (χ1v) is 6.32. The van der Waals surface area contributed by atoms with Crippen molar-refractivity contribution in [3.63, 3.8) is 0 Å². The molecule has 1 amide bonds. The molecule has 0 bridgehead atoms. The van der Waals surface area contributed by atoms with Crippen LogP contribution in [0.4, 0.5) is 0 Å². The van der Waals surface area contributed by atoms with E-state index in [0.29, 0.717) is 13.1 Å². The normalized spacial score (nSPS) is 19.8. The maximum absolute atomic E-state index is 11.6. The molecule has 2 nitrogen and oxygen atoms in total. The van der Waals surface area contributed by atoms with Crippen LogP contribution in [-0.4, -0.2) is 22.1 Å². The Kier molecular flexibility index (Phi) is 3.56. The molecule has 4 heteroatoms. The van der Waals surface area contributed by atoms with Gasteiger partial charge in [-0.2, -0.15) is 0 Å². The van der Waals surface area contributed by atoms with Crippen LogP contribution in [0.25, 0.3) is 0 Å². The van der Waals surface area contributed by atoms with Gasteiger partial charge >= 0.3 is 0 Å². The molecular weight excluding hydrogens is 242 g/mol. The minimum absolute atomic E-state index is 0.0667. The summed E-state index contributed by atoms with van der Waals surface area (Å²) < 4.78 is -0.104. The van der Waals surface area contributed by atoms with E-state index in [4.69, 9.17) is 11.6 Å². The van der Waals surface area contributed by atoms with Crippen LogP contribution in [-0.2, 0) is 11.3 Å². The standard InChI is InChI=1S/C12H12ClNOS/c1-2-12(15)14-7-9-5-3-4-6-10(9)16-11(13)8-14/h2-6,11H,1,7-8H2. The topological polar surface area (TPSA) is 20.3 Å². The number of alkyl halides is 1. The minimum Gasteiger partial charge on any atom is -0.332 e. The van der Waals surface area contributed by atoms with Gasteiger partial charge in [0.2, 0.25) is 5.91 Å². The molecule has 1 aromatic rings. The van der Waals surface area contributed by atoms with Crippen LogP contribution in [0.3, 0.4) is 0 Å². The van der Waals surface area contributed by atoms with Crippen LogP contribution in [0.5, 0.6) is 0 Å². The van der Waals surface area contributed by atoms with Crippen LogP contribution in [0, 0.1) is 0 Å². The Labute approximate surface area is 104 Å². The van der Waals surface area contributed by atoms with Gasteiger partial charge in [-0.15, -0.1) is 23.4 Å². The maximum Gasteiger partial charge on any atom is 0.246 e. The summed E-state index contributed by atoms with van der Waals surface area (Å²) in [5, 5.41) is 0. The summed E-state index contributed by atoms with van der Waals surface area (Å²) in [7, 11) is 0. The Balaban J connectivity index is 2.30. The van der Waals surface area contributed by atoms with E-state index in [0.717, 1.165) is 10.5 Å². The lowest BCUT2D eigenvalue weighted by Crippen LogP contribution is -2.31. The van der Waals surface area contributed by atoms with Gasteiger partial charge in [-0.05, 0) is 17.7 Å². The SMILES string of the molecule is C=CC(=O)N1Cc2ccccc2SC(Cl)C1. The number of hydrogen-bond donors (Lipinski definition) is 0. The molecule has 0 saturated carbocycles. The van der Waals surface area contributed by atoms with E-state index in [-0.39, 0.29) is 10.6 Å². The third-order valence-corrected chi connectivity index (χ3v) is 3.90. The first-order chi connectivity index (χ1) is 7.70. The van der Waals surface area contributed by atoms with E-state index in [1.54, 1.807) is 16.7 Å². The summed E-state index contributed by atoms with van der Waals surface area (Å²) in [6, 6.07) is 8.03. The molecule has 1 aliphatic heterocycles. The highest BCUT2D eigenvalue weighted by molar-refractivity contribution is 8.01. The number of thioether (sulfide) groups is 1. The second-order valence-electron chi connectivity index (χ2n) is 3.56. The number of carbonyl (C=O) groups excluding carboxylic acids is 1. The maximum atomic E-state index is 11.6. The monoisotopic (exact) mass is 253 g/mol. The number of fused-ring (bicyclic) bond motifs is 1. The van der Waals surface area contributed by atoms with Crippen molar-refractivity contribution in [1.82, 2.24) is 4.90 Å². The Morgan fingerprint density at radius 1 is 1.56 bits per heavy atom. The van der Waals surface area contributed by atoms with Crippen molar-refractivity contribution in [2.75, 3.05) is 6.54 Å². The third-order valence-electron chi connectivity index (χ3n) is 2.44. The first-order valence-electron chi connectivity index (χ1n) is 5.00. The van der Waals surface area contributed by atoms with Gasteiger partial charge in [0.1, 0.15) is 4.71 Å². The molecule has 1 aromatic carbocycles. The van der Waals surface area contributed by atoms with Gasteiger partial charge in [0.15, 0.2) is 0 Å². The fraction of sp³-hybridized carbons (Fsp3) is 0.250. The van der Waals surface area contributed by atoms with E-state index in [1.165, 1.54) is 6.08 Å². The summed E-state index contributed by atoms with van der Waals surface area (Å²) in [5.74, 6) is -0.0667. The van der Waals surface area contributed by atoms with Gasteiger partial charge in [-0.25, -0.2) is 0 Å². The van der Waals surface area contributed by atoms with E-state index in [2.05, 4.69) is 6.58 Å². The average Bonchev–Trinajstić information content (AvgIpc) is 2.45. The molecule has 1 unspecified atom stereocenters.